The van der Waals surface area contributed by atoms with Crippen molar-refractivity contribution in [2.45, 2.75) is 18.9 Å². The highest BCUT2D eigenvalue weighted by atomic mass is 35.5. The normalized spacial score (nSPS) is 15.4. The third-order valence-corrected chi connectivity index (χ3v) is 10.0. The Morgan fingerprint density at radius 2 is 1.56 bits per heavy atom. The molecule has 0 bridgehead atoms. The summed E-state index contributed by atoms with van der Waals surface area (Å²) in [6.45, 7) is 5.35. The molecular formula is C35H34ClN5O3S. The summed E-state index contributed by atoms with van der Waals surface area (Å²) in [5, 5.41) is 19.4. The third-order valence-electron chi connectivity index (χ3n) is 8.71. The van der Waals surface area contributed by atoms with Crippen molar-refractivity contribution in [2.75, 3.05) is 45.3 Å². The van der Waals surface area contributed by atoms with Crippen LogP contribution in [-0.4, -0.2) is 65.0 Å². The number of hydrogen-bond donors (Lipinski definition) is 1. The fourth-order valence-electron chi connectivity index (χ4n) is 6.20. The van der Waals surface area contributed by atoms with Crippen molar-refractivity contribution in [1.82, 2.24) is 19.5 Å². The van der Waals surface area contributed by atoms with Crippen LogP contribution in [0, 0.1) is 0 Å². The molecule has 0 amide bonds. The molecule has 2 aromatic heterocycles. The molecular weight excluding hydrogens is 606 g/mol. The monoisotopic (exact) mass is 639 g/mol. The van der Waals surface area contributed by atoms with Gasteiger partial charge in [-0.15, -0.1) is 5.10 Å². The van der Waals surface area contributed by atoms with Crippen LogP contribution in [0.1, 0.15) is 40.7 Å². The van der Waals surface area contributed by atoms with Crippen LogP contribution in [0.5, 0.6) is 17.4 Å². The standard InChI is InChI=1S/C35H34ClN5O3S/c1-22(24-8-9-26-21-28(43-2)15-12-25(26)20-24)33-37-35-41(38-33)34(42)32(45-35)31(23-10-13-27(36)14-11-23)40-18-16-39(17-19-40)29-6-4-5-7-30(29)44-3/h4-15,20-22,31,42H,16-19H2,1-3H3/t22-,31+/m0/s1. The van der Waals surface area contributed by atoms with Crippen LogP contribution in [0.3, 0.4) is 0 Å². The van der Waals surface area contributed by atoms with Gasteiger partial charge in [0.1, 0.15) is 11.5 Å². The lowest BCUT2D eigenvalue weighted by atomic mass is 9.97. The molecule has 7 rings (SSSR count). The summed E-state index contributed by atoms with van der Waals surface area (Å²) in [4.78, 5) is 11.2. The minimum Gasteiger partial charge on any atom is -0.497 e. The summed E-state index contributed by atoms with van der Waals surface area (Å²) < 4.78 is 12.6. The Balaban J connectivity index is 1.18. The topological polar surface area (TPSA) is 75.4 Å². The first-order chi connectivity index (χ1) is 21.9. The van der Waals surface area contributed by atoms with Crippen molar-refractivity contribution >= 4 is 44.4 Å². The molecule has 2 atom stereocenters. The molecule has 1 N–H and O–H groups in total. The number of benzene rings is 4. The number of ether oxygens (including phenoxy) is 2. The van der Waals surface area contributed by atoms with E-state index in [1.54, 1.807) is 18.7 Å². The second kappa shape index (κ2) is 12.2. The number of nitrogens with zero attached hydrogens (tertiary/aromatic N) is 5. The van der Waals surface area contributed by atoms with E-state index >= 15 is 0 Å². The lowest BCUT2D eigenvalue weighted by Crippen LogP contribution is -2.48. The van der Waals surface area contributed by atoms with Crippen molar-refractivity contribution < 1.29 is 14.6 Å². The smallest absolute Gasteiger partial charge is 0.230 e. The maximum atomic E-state index is 11.6. The zero-order valence-electron chi connectivity index (χ0n) is 25.4. The Kier molecular flexibility index (Phi) is 7.99. The SMILES string of the molecule is COc1ccc2cc([C@H](C)c3nc4sc([C@@H](c5ccc(Cl)cc5)N5CCN(c6ccccc6OC)CC5)c(O)n4n3)ccc2c1. The van der Waals surface area contributed by atoms with E-state index in [0.29, 0.717) is 15.8 Å². The molecule has 0 saturated carbocycles. The second-order valence-electron chi connectivity index (χ2n) is 11.3. The number of halogens is 1. The number of piperazine rings is 1. The summed E-state index contributed by atoms with van der Waals surface area (Å²) >= 11 is 7.76. The maximum Gasteiger partial charge on any atom is 0.230 e. The van der Waals surface area contributed by atoms with E-state index in [-0.39, 0.29) is 17.8 Å². The van der Waals surface area contributed by atoms with Gasteiger partial charge >= 0.3 is 0 Å². The average molecular weight is 640 g/mol. The number of para-hydroxylation sites is 2. The number of thiazole rings is 1. The van der Waals surface area contributed by atoms with Gasteiger partial charge in [0.15, 0.2) is 5.82 Å². The molecule has 230 valence electrons. The Morgan fingerprint density at radius 3 is 2.29 bits per heavy atom. The predicted molar refractivity (Wildman–Crippen MR) is 181 cm³/mol. The Morgan fingerprint density at radius 1 is 0.844 bits per heavy atom. The van der Waals surface area contributed by atoms with E-state index in [0.717, 1.165) is 70.1 Å². The quantitative estimate of drug-likeness (QED) is 0.186. The van der Waals surface area contributed by atoms with Crippen LogP contribution >= 0.6 is 22.9 Å². The van der Waals surface area contributed by atoms with Crippen LogP contribution in [0.25, 0.3) is 15.7 Å². The highest BCUT2D eigenvalue weighted by Crippen LogP contribution is 2.42. The third kappa shape index (κ3) is 5.56. The number of methoxy groups -OCH3 is 2. The van der Waals surface area contributed by atoms with Crippen LogP contribution in [0.15, 0.2) is 84.9 Å². The first-order valence-electron chi connectivity index (χ1n) is 15.0. The van der Waals surface area contributed by atoms with Gasteiger partial charge in [-0.1, -0.05) is 78.4 Å². The van der Waals surface area contributed by atoms with Gasteiger partial charge in [-0.2, -0.15) is 4.52 Å². The van der Waals surface area contributed by atoms with Gasteiger partial charge in [0.2, 0.25) is 10.8 Å². The molecule has 1 aliphatic rings. The summed E-state index contributed by atoms with van der Waals surface area (Å²) in [5.74, 6) is 2.45. The Hall–Kier alpha value is -4.31. The average Bonchev–Trinajstić information content (AvgIpc) is 3.64. The Labute approximate surface area is 271 Å². The van der Waals surface area contributed by atoms with Crippen LogP contribution < -0.4 is 14.4 Å². The Bertz CT molecular complexity index is 1970. The molecule has 45 heavy (non-hydrogen) atoms. The van der Waals surface area contributed by atoms with E-state index in [1.165, 1.54) is 11.3 Å². The molecule has 1 aliphatic heterocycles. The zero-order chi connectivity index (χ0) is 31.1. The van der Waals surface area contributed by atoms with E-state index < -0.39 is 0 Å². The van der Waals surface area contributed by atoms with Crippen molar-refractivity contribution in [1.29, 1.82) is 0 Å². The highest BCUT2D eigenvalue weighted by molar-refractivity contribution is 7.17. The van der Waals surface area contributed by atoms with Crippen LogP contribution in [0.4, 0.5) is 5.69 Å². The van der Waals surface area contributed by atoms with Gasteiger partial charge in [0.25, 0.3) is 0 Å². The number of aromatic nitrogens is 3. The van der Waals surface area contributed by atoms with Gasteiger partial charge in [0, 0.05) is 37.1 Å². The molecule has 3 heterocycles. The fraction of sp³-hybridized carbons (Fsp3) is 0.257. The van der Waals surface area contributed by atoms with E-state index in [2.05, 4.69) is 47.1 Å². The van der Waals surface area contributed by atoms with E-state index in [4.69, 9.17) is 31.2 Å². The predicted octanol–water partition coefficient (Wildman–Crippen LogP) is 7.38. The van der Waals surface area contributed by atoms with Crippen molar-refractivity contribution in [3.8, 4) is 17.4 Å². The van der Waals surface area contributed by atoms with Crippen molar-refractivity contribution in [3.05, 3.63) is 112 Å². The minimum absolute atomic E-state index is 0.0541. The van der Waals surface area contributed by atoms with Gasteiger partial charge in [-0.25, -0.2) is 4.98 Å². The molecule has 0 unspecified atom stereocenters. The molecule has 6 aromatic rings. The highest BCUT2D eigenvalue weighted by Gasteiger charge is 2.32. The van der Waals surface area contributed by atoms with E-state index in [1.807, 2.05) is 54.6 Å². The van der Waals surface area contributed by atoms with Crippen LogP contribution in [-0.2, 0) is 0 Å². The molecule has 10 heteroatoms. The molecule has 4 aromatic carbocycles. The zero-order valence-corrected chi connectivity index (χ0v) is 26.9. The number of anilines is 1. The summed E-state index contributed by atoms with van der Waals surface area (Å²) in [7, 11) is 3.39. The summed E-state index contributed by atoms with van der Waals surface area (Å²) in [5.41, 5.74) is 3.26. The second-order valence-corrected chi connectivity index (χ2v) is 12.7. The summed E-state index contributed by atoms with van der Waals surface area (Å²) in [6, 6.07) is 28.3. The van der Waals surface area contributed by atoms with Crippen molar-refractivity contribution in [3.63, 3.8) is 0 Å². The molecule has 8 nitrogen and oxygen atoms in total. The number of aromatic hydroxyl groups is 1. The van der Waals surface area contributed by atoms with Gasteiger partial charge in [0.05, 0.1) is 30.8 Å². The molecule has 0 spiro atoms. The molecule has 1 fully saturated rings. The number of fused-ring (bicyclic) bond motifs is 2. The van der Waals surface area contributed by atoms with E-state index in [9.17, 15) is 5.11 Å². The molecule has 1 saturated heterocycles. The fourth-order valence-corrected chi connectivity index (χ4v) is 7.45. The summed E-state index contributed by atoms with van der Waals surface area (Å²) in [6.07, 6.45) is 0. The number of hydrogen-bond acceptors (Lipinski definition) is 8. The lowest BCUT2D eigenvalue weighted by Gasteiger charge is -2.40. The van der Waals surface area contributed by atoms with Gasteiger partial charge in [-0.3, -0.25) is 4.90 Å². The first-order valence-corrected chi connectivity index (χ1v) is 16.2. The molecule has 0 radical (unpaired) electrons. The largest absolute Gasteiger partial charge is 0.497 e. The minimum atomic E-state index is -0.172. The van der Waals surface area contributed by atoms with Gasteiger partial charge < -0.3 is 19.5 Å². The maximum absolute atomic E-state index is 11.6. The molecule has 0 aliphatic carbocycles. The van der Waals surface area contributed by atoms with Gasteiger partial charge in [-0.05, 0) is 58.3 Å². The first kappa shape index (κ1) is 29.4. The van der Waals surface area contributed by atoms with Crippen LogP contribution in [0.2, 0.25) is 5.02 Å². The lowest BCUT2D eigenvalue weighted by molar-refractivity contribution is 0.210. The van der Waals surface area contributed by atoms with Crippen molar-refractivity contribution in [2.24, 2.45) is 0 Å². The number of rotatable bonds is 8.